The van der Waals surface area contributed by atoms with Crippen LogP contribution in [0.3, 0.4) is 0 Å². The Bertz CT molecular complexity index is 788. The van der Waals surface area contributed by atoms with Gasteiger partial charge in [0.1, 0.15) is 18.2 Å². The third-order valence-corrected chi connectivity index (χ3v) is 5.14. The molecule has 1 aromatic heterocycles. The van der Waals surface area contributed by atoms with Gasteiger partial charge in [-0.2, -0.15) is 5.10 Å². The molecule has 0 amide bonds. The minimum absolute atomic E-state index is 0.296. The van der Waals surface area contributed by atoms with Crippen LogP contribution in [0.4, 0.5) is 4.39 Å². The van der Waals surface area contributed by atoms with E-state index in [1.54, 1.807) is 6.07 Å². The predicted octanol–water partition coefficient (Wildman–Crippen LogP) is 3.23. The number of halogens is 1. The van der Waals surface area contributed by atoms with Crippen LogP contribution < -0.4 is 10.2 Å². The number of hydrogen-bond acceptors (Lipinski definition) is 4. The highest BCUT2D eigenvalue weighted by molar-refractivity contribution is 6.63. The summed E-state index contributed by atoms with van der Waals surface area (Å²) in [5.41, 5.74) is 1.61. The molecule has 0 N–H and O–H groups in total. The summed E-state index contributed by atoms with van der Waals surface area (Å²) >= 11 is 0. The van der Waals surface area contributed by atoms with Gasteiger partial charge in [-0.1, -0.05) is 6.07 Å². The summed E-state index contributed by atoms with van der Waals surface area (Å²) in [6.07, 6.45) is 0. The summed E-state index contributed by atoms with van der Waals surface area (Å²) in [6, 6.07) is 6.40. The molecule has 0 radical (unpaired) electrons. The van der Waals surface area contributed by atoms with Crippen molar-refractivity contribution in [1.29, 1.82) is 0 Å². The molecule has 0 bridgehead atoms. The van der Waals surface area contributed by atoms with Crippen molar-refractivity contribution < 1.29 is 18.4 Å². The molecule has 0 spiro atoms. The quantitative estimate of drug-likeness (QED) is 0.768. The van der Waals surface area contributed by atoms with Gasteiger partial charge in [0.15, 0.2) is 0 Å². The van der Waals surface area contributed by atoms with Crippen LogP contribution in [0.2, 0.25) is 0 Å². The van der Waals surface area contributed by atoms with Gasteiger partial charge < -0.3 is 14.0 Å². The average Bonchev–Trinajstić information content (AvgIpc) is 3.01. The van der Waals surface area contributed by atoms with Crippen LogP contribution >= 0.6 is 0 Å². The first-order valence-corrected chi connectivity index (χ1v) is 8.94. The zero-order chi connectivity index (χ0) is 19.1. The van der Waals surface area contributed by atoms with Crippen molar-refractivity contribution in [3.63, 3.8) is 0 Å². The Morgan fingerprint density at radius 1 is 1.15 bits per heavy atom. The van der Waals surface area contributed by atoms with Crippen LogP contribution in [0.25, 0.3) is 0 Å². The van der Waals surface area contributed by atoms with Gasteiger partial charge in [-0.3, -0.25) is 4.68 Å². The van der Waals surface area contributed by atoms with Crippen LogP contribution in [-0.4, -0.2) is 28.1 Å². The van der Waals surface area contributed by atoms with Crippen molar-refractivity contribution in [1.82, 2.24) is 9.78 Å². The molecule has 2 heterocycles. The normalized spacial score (nSPS) is 18.3. The Labute approximate surface area is 154 Å². The maximum absolute atomic E-state index is 13.8. The molecule has 3 rings (SSSR count). The molecular formula is C19H26BFN2O3. The second-order valence-electron chi connectivity index (χ2n) is 7.65. The van der Waals surface area contributed by atoms with Gasteiger partial charge >= 0.3 is 7.12 Å². The third kappa shape index (κ3) is 3.51. The highest BCUT2D eigenvalue weighted by Crippen LogP contribution is 2.37. The van der Waals surface area contributed by atoms with Gasteiger partial charge in [-0.25, -0.2) is 4.39 Å². The molecule has 0 saturated carbocycles. The summed E-state index contributed by atoms with van der Waals surface area (Å²) < 4.78 is 33.8. The second-order valence-corrected chi connectivity index (χ2v) is 7.65. The summed E-state index contributed by atoms with van der Waals surface area (Å²) in [7, 11) is -0.603. The molecule has 7 heteroatoms. The lowest BCUT2D eigenvalue weighted by molar-refractivity contribution is 0.00578. The summed E-state index contributed by atoms with van der Waals surface area (Å²) in [5, 5.41) is 4.41. The van der Waals surface area contributed by atoms with E-state index < -0.39 is 18.3 Å². The van der Waals surface area contributed by atoms with E-state index in [-0.39, 0.29) is 5.82 Å². The molecule has 1 aliphatic rings. The van der Waals surface area contributed by atoms with Gasteiger partial charge in [0.2, 0.25) is 0 Å². The van der Waals surface area contributed by atoms with Crippen molar-refractivity contribution in [2.45, 2.75) is 65.9 Å². The van der Waals surface area contributed by atoms with Crippen LogP contribution in [-0.2, 0) is 22.5 Å². The van der Waals surface area contributed by atoms with Crippen molar-refractivity contribution in [2.75, 3.05) is 0 Å². The number of nitrogens with zero attached hydrogens (tertiary/aromatic N) is 2. The fourth-order valence-corrected chi connectivity index (χ4v) is 2.94. The molecule has 5 nitrogen and oxygen atoms in total. The second kappa shape index (κ2) is 6.70. The fourth-order valence-electron chi connectivity index (χ4n) is 2.94. The number of rotatable bonds is 5. The molecule has 140 valence electrons. The predicted molar refractivity (Wildman–Crippen MR) is 99.1 cm³/mol. The molecule has 1 fully saturated rings. The van der Waals surface area contributed by atoms with E-state index in [1.165, 1.54) is 12.1 Å². The van der Waals surface area contributed by atoms with Gasteiger partial charge in [0.25, 0.3) is 0 Å². The zero-order valence-corrected chi connectivity index (χ0v) is 16.3. The van der Waals surface area contributed by atoms with E-state index in [1.807, 2.05) is 52.3 Å². The highest BCUT2D eigenvalue weighted by Gasteiger charge is 2.52. The number of ether oxygens (including phenoxy) is 1. The lowest BCUT2D eigenvalue weighted by Gasteiger charge is -2.32. The SMILES string of the molecule is CCn1nc(C)cc1COc1cc(F)ccc1B1OC(C)(C)C(C)(C)O1. The maximum Gasteiger partial charge on any atom is 0.498 e. The van der Waals surface area contributed by atoms with Crippen LogP contribution in [0, 0.1) is 12.7 Å². The molecule has 2 aromatic rings. The Balaban J connectivity index is 1.85. The largest absolute Gasteiger partial charge is 0.498 e. The van der Waals surface area contributed by atoms with E-state index in [4.69, 9.17) is 14.0 Å². The third-order valence-electron chi connectivity index (χ3n) is 5.14. The lowest BCUT2D eigenvalue weighted by atomic mass is 9.78. The average molecular weight is 360 g/mol. The summed E-state index contributed by atoms with van der Waals surface area (Å²) in [4.78, 5) is 0. The van der Waals surface area contributed by atoms with E-state index in [2.05, 4.69) is 5.10 Å². The van der Waals surface area contributed by atoms with E-state index in [9.17, 15) is 4.39 Å². The number of aryl methyl sites for hydroxylation is 2. The van der Waals surface area contributed by atoms with Crippen molar-refractivity contribution in [3.05, 3.63) is 41.5 Å². The first-order chi connectivity index (χ1) is 12.1. The van der Waals surface area contributed by atoms with Gasteiger partial charge in [0, 0.05) is 18.1 Å². The highest BCUT2D eigenvalue weighted by atomic mass is 19.1. The number of hydrogen-bond donors (Lipinski definition) is 0. The smallest absolute Gasteiger partial charge is 0.488 e. The lowest BCUT2D eigenvalue weighted by Crippen LogP contribution is -2.41. The number of benzene rings is 1. The van der Waals surface area contributed by atoms with Crippen LogP contribution in [0.1, 0.15) is 46.0 Å². The summed E-state index contributed by atoms with van der Waals surface area (Å²) in [5.74, 6) is 0.0606. The van der Waals surface area contributed by atoms with E-state index in [0.29, 0.717) is 17.8 Å². The molecule has 1 aromatic carbocycles. The Hall–Kier alpha value is -1.86. The topological polar surface area (TPSA) is 45.5 Å². The first kappa shape index (κ1) is 18.9. The van der Waals surface area contributed by atoms with Crippen molar-refractivity contribution in [2.24, 2.45) is 0 Å². The fraction of sp³-hybridized carbons (Fsp3) is 0.526. The molecule has 0 aliphatic carbocycles. The van der Waals surface area contributed by atoms with Crippen LogP contribution in [0.15, 0.2) is 24.3 Å². The van der Waals surface area contributed by atoms with Gasteiger partial charge in [0.05, 0.1) is 22.6 Å². The van der Waals surface area contributed by atoms with Gasteiger partial charge in [-0.05, 0) is 53.7 Å². The Morgan fingerprint density at radius 3 is 2.42 bits per heavy atom. The Morgan fingerprint density at radius 2 is 1.81 bits per heavy atom. The van der Waals surface area contributed by atoms with Crippen molar-refractivity contribution >= 4 is 12.6 Å². The Kier molecular flexibility index (Phi) is 4.88. The summed E-state index contributed by atoms with van der Waals surface area (Å²) in [6.45, 7) is 12.9. The monoisotopic (exact) mass is 360 g/mol. The maximum atomic E-state index is 13.8. The minimum Gasteiger partial charge on any atom is -0.488 e. The number of aromatic nitrogens is 2. The minimum atomic E-state index is -0.603. The molecule has 1 saturated heterocycles. The van der Waals surface area contributed by atoms with Crippen LogP contribution in [0.5, 0.6) is 5.75 Å². The molecule has 1 aliphatic heterocycles. The molecule has 0 atom stereocenters. The molecular weight excluding hydrogens is 334 g/mol. The zero-order valence-electron chi connectivity index (χ0n) is 16.3. The first-order valence-electron chi connectivity index (χ1n) is 8.94. The van der Waals surface area contributed by atoms with Gasteiger partial charge in [-0.15, -0.1) is 0 Å². The molecule has 0 unspecified atom stereocenters. The molecule has 26 heavy (non-hydrogen) atoms. The van der Waals surface area contributed by atoms with E-state index >= 15 is 0 Å². The standard InChI is InChI=1S/C19H26BFN2O3/c1-7-23-15(10-13(2)22-23)12-24-17-11-14(21)8-9-16(17)20-25-18(3,4)19(5,6)26-20/h8-11H,7,12H2,1-6H3. The van der Waals surface area contributed by atoms with E-state index in [0.717, 1.165) is 17.9 Å². The van der Waals surface area contributed by atoms with Crippen molar-refractivity contribution in [3.8, 4) is 5.75 Å².